The number of carbonyl (C=O) groups excluding carboxylic acids is 4. The fourth-order valence-electron chi connectivity index (χ4n) is 5.62. The molecular weight excluding hydrogens is 613 g/mol. The molecule has 2 amide bonds. The predicted octanol–water partition coefficient (Wildman–Crippen LogP) is 6.28. The van der Waals surface area contributed by atoms with Gasteiger partial charge in [0, 0.05) is 19.2 Å². The van der Waals surface area contributed by atoms with Crippen molar-refractivity contribution in [2.75, 3.05) is 11.9 Å². The SMILES string of the molecule is O=C(CCCNc1ccccn1)N[C@H](CC1CCCCC1)C(=O)NC(CC(=O)OC(=O)C(F)(F)F)c1ccc(-c2ccccc2)cc1. The number of rotatable bonds is 14. The van der Waals surface area contributed by atoms with Crippen LogP contribution in [0.25, 0.3) is 11.1 Å². The van der Waals surface area contributed by atoms with Crippen LogP contribution in [-0.2, 0) is 23.9 Å². The van der Waals surface area contributed by atoms with E-state index in [2.05, 4.69) is 25.7 Å². The summed E-state index contributed by atoms with van der Waals surface area (Å²) in [6.07, 6.45) is 1.51. The maximum absolute atomic E-state index is 13.8. The first kappa shape index (κ1) is 35.1. The molecule has 1 saturated carbocycles. The number of hydrogen-bond donors (Lipinski definition) is 3. The van der Waals surface area contributed by atoms with E-state index in [1.165, 1.54) is 0 Å². The molecular formula is C35H39F3N4O5. The van der Waals surface area contributed by atoms with Gasteiger partial charge in [-0.2, -0.15) is 13.2 Å². The molecule has 1 heterocycles. The number of pyridine rings is 1. The molecule has 9 nitrogen and oxygen atoms in total. The number of anilines is 1. The van der Waals surface area contributed by atoms with E-state index in [-0.39, 0.29) is 18.2 Å². The highest BCUT2D eigenvalue weighted by Gasteiger charge is 2.42. The van der Waals surface area contributed by atoms with Crippen LogP contribution >= 0.6 is 0 Å². The third-order valence-electron chi connectivity index (χ3n) is 8.04. The van der Waals surface area contributed by atoms with E-state index in [4.69, 9.17) is 0 Å². The largest absolute Gasteiger partial charge is 0.491 e. The van der Waals surface area contributed by atoms with Gasteiger partial charge in [0.05, 0.1) is 12.5 Å². The molecule has 3 N–H and O–H groups in total. The molecule has 0 bridgehead atoms. The van der Waals surface area contributed by atoms with Crippen LogP contribution in [0.2, 0.25) is 0 Å². The lowest BCUT2D eigenvalue weighted by atomic mass is 9.84. The number of alkyl halides is 3. The Balaban J connectivity index is 1.47. The van der Waals surface area contributed by atoms with Crippen molar-refractivity contribution in [2.24, 2.45) is 5.92 Å². The van der Waals surface area contributed by atoms with Crippen molar-refractivity contribution < 1.29 is 37.1 Å². The van der Waals surface area contributed by atoms with Crippen molar-refractivity contribution in [1.82, 2.24) is 15.6 Å². The number of halogens is 3. The van der Waals surface area contributed by atoms with Crippen LogP contribution in [0.15, 0.2) is 79.0 Å². The van der Waals surface area contributed by atoms with Crippen molar-refractivity contribution in [1.29, 1.82) is 0 Å². The van der Waals surface area contributed by atoms with Crippen molar-refractivity contribution in [3.05, 3.63) is 84.6 Å². The minimum absolute atomic E-state index is 0.143. The molecule has 1 unspecified atom stereocenters. The molecule has 4 rings (SSSR count). The van der Waals surface area contributed by atoms with E-state index in [0.717, 1.165) is 43.2 Å². The van der Waals surface area contributed by atoms with Crippen molar-refractivity contribution in [2.45, 2.75) is 76.0 Å². The molecule has 0 saturated heterocycles. The molecule has 47 heavy (non-hydrogen) atoms. The summed E-state index contributed by atoms with van der Waals surface area (Å²) in [5.74, 6) is -4.11. The summed E-state index contributed by atoms with van der Waals surface area (Å²) in [6.45, 7) is 0.490. The summed E-state index contributed by atoms with van der Waals surface area (Å²) in [5.41, 5.74) is 2.17. The zero-order valence-corrected chi connectivity index (χ0v) is 25.9. The molecule has 1 aliphatic carbocycles. The van der Waals surface area contributed by atoms with Crippen LogP contribution in [0.3, 0.4) is 0 Å². The fraction of sp³-hybridized carbons (Fsp3) is 0.400. The molecule has 1 fully saturated rings. The monoisotopic (exact) mass is 652 g/mol. The van der Waals surface area contributed by atoms with Crippen LogP contribution in [0, 0.1) is 5.92 Å². The molecule has 2 aromatic carbocycles. The first-order valence-corrected chi connectivity index (χ1v) is 15.8. The molecule has 0 radical (unpaired) electrons. The van der Waals surface area contributed by atoms with Crippen LogP contribution < -0.4 is 16.0 Å². The average molecular weight is 653 g/mol. The maximum atomic E-state index is 13.8. The van der Waals surface area contributed by atoms with Crippen molar-refractivity contribution in [3.63, 3.8) is 0 Å². The van der Waals surface area contributed by atoms with E-state index >= 15 is 0 Å². The predicted molar refractivity (Wildman–Crippen MR) is 170 cm³/mol. The van der Waals surface area contributed by atoms with Crippen LogP contribution in [0.5, 0.6) is 0 Å². The third kappa shape index (κ3) is 11.5. The van der Waals surface area contributed by atoms with Crippen LogP contribution in [-0.4, -0.2) is 47.5 Å². The lowest BCUT2D eigenvalue weighted by Gasteiger charge is -2.28. The number of nitrogens with one attached hydrogen (secondary N) is 3. The molecule has 0 aliphatic heterocycles. The number of amides is 2. The summed E-state index contributed by atoms with van der Waals surface area (Å²) < 4.78 is 42.4. The van der Waals surface area contributed by atoms with Crippen molar-refractivity contribution >= 4 is 29.6 Å². The highest BCUT2D eigenvalue weighted by atomic mass is 19.4. The minimum atomic E-state index is -5.35. The number of esters is 2. The number of hydrogen-bond acceptors (Lipinski definition) is 7. The Morgan fingerprint density at radius 1 is 0.851 bits per heavy atom. The second-order valence-corrected chi connectivity index (χ2v) is 11.6. The molecule has 1 aliphatic rings. The second kappa shape index (κ2) is 17.3. The van der Waals surface area contributed by atoms with Gasteiger partial charge in [0.25, 0.3) is 0 Å². The average Bonchev–Trinajstić information content (AvgIpc) is 3.07. The fourth-order valence-corrected chi connectivity index (χ4v) is 5.62. The Hall–Kier alpha value is -4.74. The molecule has 1 aromatic heterocycles. The minimum Gasteiger partial charge on any atom is -0.386 e. The van der Waals surface area contributed by atoms with Gasteiger partial charge in [-0.05, 0) is 47.6 Å². The quantitative estimate of drug-likeness (QED) is 0.106. The number of nitrogens with zero attached hydrogens (tertiary/aromatic N) is 1. The van der Waals surface area contributed by atoms with Gasteiger partial charge in [-0.25, -0.2) is 9.78 Å². The third-order valence-corrected chi connectivity index (χ3v) is 8.04. The first-order chi connectivity index (χ1) is 22.6. The molecule has 3 aromatic rings. The Morgan fingerprint density at radius 3 is 2.19 bits per heavy atom. The smallest absolute Gasteiger partial charge is 0.386 e. The summed E-state index contributed by atoms with van der Waals surface area (Å²) in [6, 6.07) is 19.6. The Bertz CT molecular complexity index is 1460. The van der Waals surface area contributed by atoms with Crippen molar-refractivity contribution in [3.8, 4) is 11.1 Å². The maximum Gasteiger partial charge on any atom is 0.491 e. The number of aromatic nitrogens is 1. The highest BCUT2D eigenvalue weighted by Crippen LogP contribution is 2.29. The normalized spacial score (nSPS) is 14.8. The standard InChI is InChI=1S/C35H39F3N4O5/c36-35(37,38)34(46)47-32(44)23-28(27-18-16-26(17-19-27)25-12-5-2-6-13-25)42-33(45)29(22-24-10-3-1-4-11-24)41-31(43)15-9-21-40-30-14-7-8-20-39-30/h2,5-8,12-14,16-20,24,28-29H,1,3-4,9-11,15,21-23H2,(H,39,40)(H,41,43)(H,42,45)/t28?,29-/m1/s1. The van der Waals surface area contributed by atoms with Crippen LogP contribution in [0.1, 0.15) is 69.4 Å². The lowest BCUT2D eigenvalue weighted by Crippen LogP contribution is -2.49. The lowest BCUT2D eigenvalue weighted by molar-refractivity contribution is -0.202. The van der Waals surface area contributed by atoms with Gasteiger partial charge in [-0.15, -0.1) is 0 Å². The Kier molecular flexibility index (Phi) is 12.9. The van der Waals surface area contributed by atoms with Gasteiger partial charge in [0.2, 0.25) is 11.8 Å². The summed E-state index contributed by atoms with van der Waals surface area (Å²) in [4.78, 5) is 54.8. The van der Waals surface area contributed by atoms with E-state index in [0.29, 0.717) is 30.8 Å². The Labute approximate surface area is 271 Å². The summed E-state index contributed by atoms with van der Waals surface area (Å²) in [7, 11) is 0. The number of ether oxygens (including phenoxy) is 1. The van der Waals surface area contributed by atoms with Gasteiger partial charge in [-0.3, -0.25) is 14.4 Å². The zero-order chi connectivity index (χ0) is 33.6. The van der Waals surface area contributed by atoms with E-state index in [9.17, 15) is 32.3 Å². The molecule has 2 atom stereocenters. The van der Waals surface area contributed by atoms with E-state index in [1.54, 1.807) is 36.5 Å². The Morgan fingerprint density at radius 2 is 1.53 bits per heavy atom. The summed E-state index contributed by atoms with van der Waals surface area (Å²) >= 11 is 0. The van der Waals surface area contributed by atoms with Gasteiger partial charge < -0.3 is 20.7 Å². The van der Waals surface area contributed by atoms with Gasteiger partial charge in [-0.1, -0.05) is 92.8 Å². The highest BCUT2D eigenvalue weighted by molar-refractivity contribution is 5.90. The van der Waals surface area contributed by atoms with Gasteiger partial charge >= 0.3 is 18.1 Å². The van der Waals surface area contributed by atoms with E-state index in [1.807, 2.05) is 42.5 Å². The van der Waals surface area contributed by atoms with E-state index < -0.39 is 42.5 Å². The zero-order valence-electron chi connectivity index (χ0n) is 25.9. The molecule has 250 valence electrons. The van der Waals surface area contributed by atoms with Gasteiger partial charge in [0.15, 0.2) is 0 Å². The number of carbonyl (C=O) groups is 4. The molecule has 12 heteroatoms. The topological polar surface area (TPSA) is 126 Å². The first-order valence-electron chi connectivity index (χ1n) is 15.8. The molecule has 0 spiro atoms. The second-order valence-electron chi connectivity index (χ2n) is 11.6. The van der Waals surface area contributed by atoms with Gasteiger partial charge in [0.1, 0.15) is 11.9 Å². The van der Waals surface area contributed by atoms with Crippen LogP contribution in [0.4, 0.5) is 19.0 Å². The number of benzene rings is 2. The summed E-state index contributed by atoms with van der Waals surface area (Å²) in [5, 5.41) is 8.73.